The summed E-state index contributed by atoms with van der Waals surface area (Å²) < 4.78 is 95.1. The van der Waals surface area contributed by atoms with E-state index in [4.69, 9.17) is 32.1 Å². The van der Waals surface area contributed by atoms with E-state index in [2.05, 4.69) is 18.2 Å². The summed E-state index contributed by atoms with van der Waals surface area (Å²) in [5.41, 5.74) is -1.78. The third-order valence-corrected chi connectivity index (χ3v) is 14.5. The average Bonchev–Trinajstić information content (AvgIpc) is 3.62. The predicted octanol–water partition coefficient (Wildman–Crippen LogP) is 8.43. The molecule has 4 unspecified atom stereocenters. The number of phosphoric acid groups is 3. The number of nitrogens with one attached hydrogen (secondary N) is 1. The molecule has 0 spiro atoms. The van der Waals surface area contributed by atoms with Crippen LogP contribution in [0.3, 0.4) is 0 Å². The lowest BCUT2D eigenvalue weighted by molar-refractivity contribution is -0.135. The summed E-state index contributed by atoms with van der Waals surface area (Å²) in [6.07, 6.45) is 8.25. The number of aliphatic hydroxyl groups is 1. The maximum Gasteiger partial charge on any atom is 0.490 e. The summed E-state index contributed by atoms with van der Waals surface area (Å²) >= 11 is 0. The molecule has 2 heterocycles. The number of aromatic amines is 1. The van der Waals surface area contributed by atoms with E-state index < -0.39 is 90.7 Å². The molecule has 1 saturated heterocycles. The third kappa shape index (κ3) is 19.6. The molecule has 362 valence electrons. The summed E-state index contributed by atoms with van der Waals surface area (Å²) in [7, 11) is -16.8. The number of unbranched alkanes of at least 4 members (excludes halogenated alkanes) is 10. The first-order valence-corrected chi connectivity index (χ1v) is 25.9. The lowest BCUT2D eigenvalue weighted by Crippen LogP contribution is -2.34. The smallest absolute Gasteiger partial charge is 0.427 e. The zero-order valence-corrected chi connectivity index (χ0v) is 39.0. The van der Waals surface area contributed by atoms with E-state index in [1.54, 1.807) is 4.98 Å². The van der Waals surface area contributed by atoms with Crippen molar-refractivity contribution in [2.24, 2.45) is 0 Å². The molecule has 1 aromatic heterocycles. The number of halogens is 1. The van der Waals surface area contributed by atoms with Crippen molar-refractivity contribution < 1.29 is 79.0 Å². The van der Waals surface area contributed by atoms with E-state index >= 15 is 0 Å². The fourth-order valence-corrected chi connectivity index (χ4v) is 10.4. The van der Waals surface area contributed by atoms with Crippen molar-refractivity contribution in [3.63, 3.8) is 0 Å². The van der Waals surface area contributed by atoms with Crippen LogP contribution in [0.2, 0.25) is 0 Å². The van der Waals surface area contributed by atoms with Gasteiger partial charge in [0.2, 0.25) is 5.82 Å². The fourth-order valence-electron chi connectivity index (χ4n) is 6.34. The minimum atomic E-state index is -5.90. The van der Waals surface area contributed by atoms with Crippen LogP contribution < -0.4 is 20.7 Å². The van der Waals surface area contributed by atoms with Crippen molar-refractivity contribution in [3.05, 3.63) is 92.5 Å². The number of rotatable bonds is 30. The predicted molar refractivity (Wildman–Crippen MR) is 231 cm³/mol. The van der Waals surface area contributed by atoms with Gasteiger partial charge in [-0.2, -0.15) is 13.0 Å². The summed E-state index contributed by atoms with van der Waals surface area (Å²) in [5, 5.41) is 10.4. The van der Waals surface area contributed by atoms with Gasteiger partial charge in [0.1, 0.15) is 23.8 Å². The monoisotopic (exact) mass is 978 g/mol. The number of carbonyl (C=O) groups excluding carboxylic acids is 2. The summed E-state index contributed by atoms with van der Waals surface area (Å²) in [5.74, 6) is -1.74. The van der Waals surface area contributed by atoms with Crippen molar-refractivity contribution >= 4 is 35.4 Å². The molecule has 1 aliphatic rings. The van der Waals surface area contributed by atoms with E-state index in [0.29, 0.717) is 34.7 Å². The molecule has 1 fully saturated rings. The highest BCUT2D eigenvalue weighted by Crippen LogP contribution is 2.69. The largest absolute Gasteiger partial charge is 0.490 e. The zero-order chi connectivity index (χ0) is 47.5. The number of hydrogen-bond donors (Lipinski definition) is 4. The Morgan fingerprint density at radius 3 is 1.69 bits per heavy atom. The lowest BCUT2D eigenvalue weighted by atomic mass is 10.1. The van der Waals surface area contributed by atoms with Gasteiger partial charge in [-0.25, -0.2) is 18.5 Å². The molecule has 2 aromatic carbocycles. The number of aromatic nitrogens is 2. The van der Waals surface area contributed by atoms with Gasteiger partial charge in [-0.1, -0.05) is 102 Å². The molecular weight excluding hydrogens is 920 g/mol. The minimum absolute atomic E-state index is 0.217. The second-order valence-corrected chi connectivity index (χ2v) is 20.1. The molecule has 5 atom stereocenters. The van der Waals surface area contributed by atoms with E-state index in [1.807, 2.05) is 0 Å². The Hall–Kier alpha value is -3.68. The standard InChI is InChI=1S/C41H58FN2O18P3/c1-3-5-7-9-11-13-15-38(46)58-32-21-17-30(18-22-32)27-56-65(54,57-28-31-19-23-33(24-20-31)59-39(47)16-14-12-10-8-6-4-2)62-64(52,53)61-63(50,51)55-29-36-35(45)25-37(60-36)44-26-34(42)40(48)43-41(44)49/h17-24,26,35-37,45H,3-16,25,27-29H2,1-2H3,(H,50,51)(H,52,53)(H,43,48,49)/t35-,36?,37?/m1/s1. The molecule has 3 aromatic rings. The fraction of sp³-hybridized carbons (Fsp3) is 0.561. The van der Waals surface area contributed by atoms with Gasteiger partial charge in [0.05, 0.1) is 32.1 Å². The van der Waals surface area contributed by atoms with Gasteiger partial charge in [-0.3, -0.25) is 37.5 Å². The topological polar surface area (TPSA) is 275 Å². The summed E-state index contributed by atoms with van der Waals surface area (Å²) in [4.78, 5) is 70.8. The lowest BCUT2D eigenvalue weighted by Gasteiger charge is -2.22. The van der Waals surface area contributed by atoms with Crippen molar-refractivity contribution in [3.8, 4) is 11.5 Å². The van der Waals surface area contributed by atoms with Gasteiger partial charge in [-0.15, -0.1) is 0 Å². The minimum Gasteiger partial charge on any atom is -0.427 e. The molecule has 24 heteroatoms. The van der Waals surface area contributed by atoms with E-state index in [1.165, 1.54) is 48.5 Å². The van der Waals surface area contributed by atoms with Crippen molar-refractivity contribution in [2.75, 3.05) is 6.61 Å². The Balaban J connectivity index is 1.38. The van der Waals surface area contributed by atoms with Gasteiger partial charge in [0.25, 0.3) is 5.56 Å². The molecule has 0 bridgehead atoms. The zero-order valence-electron chi connectivity index (χ0n) is 36.3. The number of hydrogen-bond acceptors (Lipinski definition) is 16. The van der Waals surface area contributed by atoms with Crippen LogP contribution in [-0.2, 0) is 63.4 Å². The van der Waals surface area contributed by atoms with Crippen LogP contribution in [-0.4, -0.2) is 55.2 Å². The SMILES string of the molecule is CCCCCCCCC(=O)Oc1ccc(COP(=O)(OCc2ccc(OC(=O)CCCCCCCC)cc2)OP(=O)(O)OP(=O)(O)OCC2OC(n3cc(F)c(=O)[nH]c3=O)C[C@H]2O)cc1. The molecule has 0 saturated carbocycles. The Morgan fingerprint density at radius 1 is 0.723 bits per heavy atom. The summed E-state index contributed by atoms with van der Waals surface area (Å²) in [6, 6.07) is 11.6. The highest BCUT2D eigenvalue weighted by Gasteiger charge is 2.45. The molecule has 4 N–H and O–H groups in total. The highest BCUT2D eigenvalue weighted by molar-refractivity contribution is 7.67. The van der Waals surface area contributed by atoms with Crippen LogP contribution in [0, 0.1) is 5.82 Å². The van der Waals surface area contributed by atoms with Gasteiger partial charge in [-0.05, 0) is 48.2 Å². The van der Waals surface area contributed by atoms with Gasteiger partial charge in [0, 0.05) is 19.3 Å². The van der Waals surface area contributed by atoms with Gasteiger partial charge in [0.15, 0.2) is 0 Å². The summed E-state index contributed by atoms with van der Waals surface area (Å²) in [6.45, 7) is 2.06. The third-order valence-electron chi connectivity index (χ3n) is 9.81. The second-order valence-electron chi connectivity index (χ2n) is 15.2. The number of carbonyl (C=O) groups is 2. The number of benzene rings is 2. The van der Waals surface area contributed by atoms with Gasteiger partial charge >= 0.3 is 41.1 Å². The second kappa shape index (κ2) is 26.6. The van der Waals surface area contributed by atoms with Crippen molar-refractivity contribution in [1.29, 1.82) is 0 Å². The number of ether oxygens (including phenoxy) is 3. The number of H-pyrrole nitrogens is 1. The number of esters is 2. The van der Waals surface area contributed by atoms with Gasteiger partial charge < -0.3 is 29.1 Å². The number of aliphatic hydroxyl groups excluding tert-OH is 1. The first kappa shape index (κ1) is 53.9. The van der Waals surface area contributed by atoms with Crippen LogP contribution in [0.1, 0.15) is 128 Å². The Bertz CT molecular complexity index is 2160. The van der Waals surface area contributed by atoms with Crippen molar-refractivity contribution in [2.45, 2.75) is 142 Å². The Kier molecular flexibility index (Phi) is 22.1. The Morgan fingerprint density at radius 2 is 1.20 bits per heavy atom. The number of nitrogens with zero attached hydrogens (tertiary/aromatic N) is 1. The normalized spacial score (nSPS) is 18.2. The molecular formula is C41H58FN2O18P3. The van der Waals surface area contributed by atoms with E-state index in [0.717, 1.165) is 64.2 Å². The quantitative estimate of drug-likeness (QED) is 0.0211. The number of phosphoric ester groups is 2. The first-order chi connectivity index (χ1) is 30.9. The highest BCUT2D eigenvalue weighted by atomic mass is 31.3. The van der Waals surface area contributed by atoms with E-state index in [9.17, 15) is 52.2 Å². The molecule has 65 heavy (non-hydrogen) atoms. The molecule has 0 aliphatic carbocycles. The average molecular weight is 979 g/mol. The van der Waals surface area contributed by atoms with Crippen LogP contribution in [0.25, 0.3) is 0 Å². The maximum atomic E-state index is 13.9. The molecule has 0 amide bonds. The maximum absolute atomic E-state index is 13.9. The Labute approximate surface area is 375 Å². The van der Waals surface area contributed by atoms with Crippen molar-refractivity contribution in [1.82, 2.24) is 9.55 Å². The van der Waals surface area contributed by atoms with Crippen LogP contribution in [0.5, 0.6) is 11.5 Å². The molecule has 0 radical (unpaired) electrons. The molecule has 20 nitrogen and oxygen atoms in total. The van der Waals surface area contributed by atoms with E-state index in [-0.39, 0.29) is 30.8 Å². The van der Waals surface area contributed by atoms with Crippen LogP contribution in [0.15, 0.2) is 64.3 Å². The molecule has 4 rings (SSSR count). The molecule has 1 aliphatic heterocycles. The van der Waals surface area contributed by atoms with Crippen LogP contribution in [0.4, 0.5) is 4.39 Å². The first-order valence-electron chi connectivity index (χ1n) is 21.5. The van der Waals surface area contributed by atoms with Crippen LogP contribution >= 0.6 is 23.5 Å².